The number of benzene rings is 2. The van der Waals surface area contributed by atoms with Gasteiger partial charge in [0.15, 0.2) is 0 Å². The third-order valence-electron chi connectivity index (χ3n) is 4.11. The van der Waals surface area contributed by atoms with Crippen molar-refractivity contribution in [2.45, 2.75) is 20.1 Å². The minimum Gasteiger partial charge on any atom is -0.380 e. The molecule has 0 radical (unpaired) electrons. The lowest BCUT2D eigenvalue weighted by atomic mass is 10.1. The second kappa shape index (κ2) is 8.09. The highest BCUT2D eigenvalue weighted by molar-refractivity contribution is 6.04. The number of halogens is 2. The Morgan fingerprint density at radius 1 is 1.19 bits per heavy atom. The van der Waals surface area contributed by atoms with Crippen LogP contribution in [-0.4, -0.2) is 22.8 Å². The van der Waals surface area contributed by atoms with E-state index in [0.717, 1.165) is 29.3 Å². The summed E-state index contributed by atoms with van der Waals surface area (Å²) < 4.78 is 33.8. The third kappa shape index (κ3) is 4.38. The van der Waals surface area contributed by atoms with Crippen molar-refractivity contribution in [3.8, 4) is 0 Å². The molecule has 5 nitrogen and oxygen atoms in total. The maximum absolute atomic E-state index is 13.9. The van der Waals surface area contributed by atoms with Crippen molar-refractivity contribution in [1.82, 2.24) is 9.78 Å². The molecule has 0 aliphatic carbocycles. The number of carbonyl (C=O) groups is 1. The van der Waals surface area contributed by atoms with Crippen LogP contribution >= 0.6 is 0 Å². The van der Waals surface area contributed by atoms with E-state index in [9.17, 15) is 13.6 Å². The van der Waals surface area contributed by atoms with Crippen LogP contribution in [0.5, 0.6) is 0 Å². The molecule has 2 aromatic carbocycles. The summed E-state index contributed by atoms with van der Waals surface area (Å²) in [7, 11) is 1.60. The van der Waals surface area contributed by atoms with Gasteiger partial charge in [-0.05, 0) is 42.8 Å². The zero-order valence-electron chi connectivity index (χ0n) is 15.0. The summed E-state index contributed by atoms with van der Waals surface area (Å²) in [6, 6.07) is 10.3. The van der Waals surface area contributed by atoms with Gasteiger partial charge in [-0.1, -0.05) is 12.1 Å². The molecule has 7 heteroatoms. The van der Waals surface area contributed by atoms with Gasteiger partial charge in [0.25, 0.3) is 5.91 Å². The molecular weight excluding hydrogens is 352 g/mol. The molecule has 0 unspecified atom stereocenters. The minimum atomic E-state index is -0.532. The highest BCUT2D eigenvalue weighted by atomic mass is 19.1. The Balaban J connectivity index is 1.80. The molecule has 3 rings (SSSR count). The second-order valence-corrected chi connectivity index (χ2v) is 6.15. The van der Waals surface area contributed by atoms with E-state index in [1.54, 1.807) is 32.4 Å². The molecule has 140 valence electrons. The molecule has 3 aromatic rings. The monoisotopic (exact) mass is 371 g/mol. The normalized spacial score (nSPS) is 10.8. The first-order valence-electron chi connectivity index (χ1n) is 8.33. The van der Waals surface area contributed by atoms with Crippen LogP contribution in [0.15, 0.2) is 48.7 Å². The maximum Gasteiger partial charge on any atom is 0.256 e. The van der Waals surface area contributed by atoms with Gasteiger partial charge in [-0.2, -0.15) is 5.10 Å². The van der Waals surface area contributed by atoms with E-state index in [-0.39, 0.29) is 18.0 Å². The number of aromatic nitrogens is 2. The molecule has 0 atom stereocenters. The SMILES string of the molecule is COCc1ccc(C(=O)Nc2c(C)cnn2Cc2cc(F)ccc2F)cc1. The molecule has 1 amide bonds. The number of rotatable bonds is 6. The molecule has 0 saturated carbocycles. The number of methoxy groups -OCH3 is 1. The number of carbonyl (C=O) groups excluding carboxylic acids is 1. The highest BCUT2D eigenvalue weighted by Crippen LogP contribution is 2.19. The fraction of sp³-hybridized carbons (Fsp3) is 0.200. The number of hydrogen-bond acceptors (Lipinski definition) is 3. The Morgan fingerprint density at radius 3 is 2.63 bits per heavy atom. The smallest absolute Gasteiger partial charge is 0.256 e. The van der Waals surface area contributed by atoms with Crippen LogP contribution in [0, 0.1) is 18.6 Å². The number of ether oxygens (including phenoxy) is 1. The van der Waals surface area contributed by atoms with Crippen LogP contribution in [-0.2, 0) is 17.9 Å². The van der Waals surface area contributed by atoms with Gasteiger partial charge in [0, 0.05) is 23.8 Å². The van der Waals surface area contributed by atoms with E-state index >= 15 is 0 Å². The Morgan fingerprint density at radius 2 is 1.93 bits per heavy atom. The van der Waals surface area contributed by atoms with Crippen molar-refractivity contribution in [1.29, 1.82) is 0 Å². The lowest BCUT2D eigenvalue weighted by Crippen LogP contribution is -2.17. The Hall–Kier alpha value is -3.06. The van der Waals surface area contributed by atoms with Gasteiger partial charge in [-0.25, -0.2) is 13.5 Å². The van der Waals surface area contributed by atoms with E-state index in [2.05, 4.69) is 10.4 Å². The summed E-state index contributed by atoms with van der Waals surface area (Å²) >= 11 is 0. The van der Waals surface area contributed by atoms with E-state index < -0.39 is 11.6 Å². The number of anilines is 1. The topological polar surface area (TPSA) is 56.1 Å². The fourth-order valence-corrected chi connectivity index (χ4v) is 2.69. The van der Waals surface area contributed by atoms with Crippen molar-refractivity contribution < 1.29 is 18.3 Å². The molecule has 1 N–H and O–H groups in total. The first-order valence-corrected chi connectivity index (χ1v) is 8.33. The van der Waals surface area contributed by atoms with Crippen LogP contribution in [0.2, 0.25) is 0 Å². The molecule has 0 bridgehead atoms. The average molecular weight is 371 g/mol. The van der Waals surface area contributed by atoms with Crippen molar-refractivity contribution in [2.75, 3.05) is 12.4 Å². The van der Waals surface area contributed by atoms with Gasteiger partial charge in [0.2, 0.25) is 0 Å². The molecule has 27 heavy (non-hydrogen) atoms. The second-order valence-electron chi connectivity index (χ2n) is 6.15. The van der Waals surface area contributed by atoms with E-state index in [1.165, 1.54) is 4.68 Å². The molecular formula is C20H19F2N3O2. The number of nitrogens with zero attached hydrogens (tertiary/aromatic N) is 2. The molecule has 0 fully saturated rings. The number of hydrogen-bond donors (Lipinski definition) is 1. The fourth-order valence-electron chi connectivity index (χ4n) is 2.69. The van der Waals surface area contributed by atoms with Gasteiger partial charge in [-0.3, -0.25) is 4.79 Å². The van der Waals surface area contributed by atoms with Crippen LogP contribution < -0.4 is 5.32 Å². The van der Waals surface area contributed by atoms with Gasteiger partial charge in [0.05, 0.1) is 19.3 Å². The van der Waals surface area contributed by atoms with Gasteiger partial charge in [-0.15, -0.1) is 0 Å². The Kier molecular flexibility index (Phi) is 5.61. The molecule has 1 aromatic heterocycles. The molecule has 1 heterocycles. The summed E-state index contributed by atoms with van der Waals surface area (Å²) in [6.45, 7) is 2.25. The maximum atomic E-state index is 13.9. The molecule has 0 saturated heterocycles. The zero-order chi connectivity index (χ0) is 19.4. The largest absolute Gasteiger partial charge is 0.380 e. The first kappa shape index (κ1) is 18.7. The summed E-state index contributed by atoms with van der Waals surface area (Å²) in [5, 5.41) is 6.96. The van der Waals surface area contributed by atoms with Crippen LogP contribution in [0.25, 0.3) is 0 Å². The van der Waals surface area contributed by atoms with E-state index in [4.69, 9.17) is 4.74 Å². The quantitative estimate of drug-likeness (QED) is 0.715. The summed E-state index contributed by atoms with van der Waals surface area (Å²) in [6.07, 6.45) is 1.56. The minimum absolute atomic E-state index is 0.000175. The number of aryl methyl sites for hydroxylation is 1. The Bertz CT molecular complexity index is 952. The van der Waals surface area contributed by atoms with Crippen LogP contribution in [0.3, 0.4) is 0 Å². The predicted molar refractivity (Wildman–Crippen MR) is 97.5 cm³/mol. The summed E-state index contributed by atoms with van der Waals surface area (Å²) in [5.41, 5.74) is 2.30. The third-order valence-corrected chi connectivity index (χ3v) is 4.11. The van der Waals surface area contributed by atoms with E-state index in [0.29, 0.717) is 18.0 Å². The molecule has 0 aliphatic heterocycles. The van der Waals surface area contributed by atoms with Crippen molar-refractivity contribution in [3.63, 3.8) is 0 Å². The number of nitrogens with one attached hydrogen (secondary N) is 1. The van der Waals surface area contributed by atoms with Crippen molar-refractivity contribution in [3.05, 3.63) is 82.5 Å². The zero-order valence-corrected chi connectivity index (χ0v) is 15.0. The van der Waals surface area contributed by atoms with Crippen molar-refractivity contribution in [2.24, 2.45) is 0 Å². The number of amides is 1. The van der Waals surface area contributed by atoms with Gasteiger partial charge in [0.1, 0.15) is 17.5 Å². The Labute approximate surface area is 155 Å². The summed E-state index contributed by atoms with van der Waals surface area (Å²) in [4.78, 5) is 12.5. The van der Waals surface area contributed by atoms with Gasteiger partial charge >= 0.3 is 0 Å². The average Bonchev–Trinajstić information content (AvgIpc) is 2.99. The highest BCUT2D eigenvalue weighted by Gasteiger charge is 2.15. The lowest BCUT2D eigenvalue weighted by molar-refractivity contribution is 0.102. The predicted octanol–water partition coefficient (Wildman–Crippen LogP) is 3.92. The van der Waals surface area contributed by atoms with E-state index in [1.807, 2.05) is 12.1 Å². The summed E-state index contributed by atoms with van der Waals surface area (Å²) in [5.74, 6) is -0.944. The van der Waals surface area contributed by atoms with Crippen LogP contribution in [0.4, 0.5) is 14.6 Å². The van der Waals surface area contributed by atoms with Gasteiger partial charge < -0.3 is 10.1 Å². The standard InChI is InChI=1S/C20H19F2N3O2/c1-13-10-23-25(11-16-9-17(21)7-8-18(16)22)19(13)24-20(26)15-5-3-14(4-6-15)12-27-2/h3-10H,11-12H2,1-2H3,(H,24,26). The van der Waals surface area contributed by atoms with Crippen LogP contribution in [0.1, 0.15) is 27.0 Å². The van der Waals surface area contributed by atoms with Crippen molar-refractivity contribution >= 4 is 11.7 Å². The molecule has 0 spiro atoms. The molecule has 0 aliphatic rings. The lowest BCUT2D eigenvalue weighted by Gasteiger charge is -2.11. The first-order chi connectivity index (χ1) is 13.0.